The van der Waals surface area contributed by atoms with Gasteiger partial charge in [-0.15, -0.1) is 12.4 Å². The van der Waals surface area contributed by atoms with Gasteiger partial charge in [-0.3, -0.25) is 4.79 Å². The van der Waals surface area contributed by atoms with Crippen molar-refractivity contribution in [2.45, 2.75) is 26.2 Å². The largest absolute Gasteiger partial charge is 0.326 e. The lowest BCUT2D eigenvalue weighted by molar-refractivity contribution is -0.121. The number of anilines is 1. The summed E-state index contributed by atoms with van der Waals surface area (Å²) in [5.41, 5.74) is 0.915. The molecule has 1 atom stereocenters. The Morgan fingerprint density at radius 3 is 2.76 bits per heavy atom. The number of hydrogen-bond donors (Lipinski definition) is 2. The highest BCUT2D eigenvalue weighted by atomic mass is 35.5. The molecule has 2 fully saturated rings. The molecule has 7 heteroatoms. The quantitative estimate of drug-likeness (QED) is 0.827. The number of nitrogens with one attached hydrogen (secondary N) is 2. The van der Waals surface area contributed by atoms with Crippen molar-refractivity contribution in [2.75, 3.05) is 38.0 Å². The molecule has 1 amide bonds. The van der Waals surface area contributed by atoms with Crippen LogP contribution in [0.1, 0.15) is 26.2 Å². The van der Waals surface area contributed by atoms with E-state index in [9.17, 15) is 9.18 Å². The molecule has 2 N–H and O–H groups in total. The molecule has 2 aliphatic rings. The van der Waals surface area contributed by atoms with E-state index in [1.165, 1.54) is 18.6 Å². The highest BCUT2D eigenvalue weighted by Gasteiger charge is 2.33. The van der Waals surface area contributed by atoms with Gasteiger partial charge < -0.3 is 15.5 Å². The highest BCUT2D eigenvalue weighted by Crippen LogP contribution is 2.28. The van der Waals surface area contributed by atoms with Gasteiger partial charge in [0.15, 0.2) is 0 Å². The molecule has 3 rings (SSSR count). The first-order valence-corrected chi connectivity index (χ1v) is 9.02. The second kappa shape index (κ2) is 8.67. The Morgan fingerprint density at radius 2 is 2.16 bits per heavy atom. The van der Waals surface area contributed by atoms with E-state index in [-0.39, 0.29) is 29.3 Å². The summed E-state index contributed by atoms with van der Waals surface area (Å²) >= 11 is 5.76. The van der Waals surface area contributed by atoms with E-state index in [1.54, 1.807) is 6.07 Å². The fourth-order valence-electron chi connectivity index (χ4n) is 3.71. The average molecular weight is 390 g/mol. The molecule has 0 radical (unpaired) electrons. The molecular formula is C18H26Cl2FN3O. The Hall–Kier alpha value is -0.880. The first-order chi connectivity index (χ1) is 11.5. The van der Waals surface area contributed by atoms with Gasteiger partial charge in [-0.05, 0) is 62.5 Å². The monoisotopic (exact) mass is 389 g/mol. The second-order valence-corrected chi connectivity index (χ2v) is 7.81. The Labute approximate surface area is 159 Å². The predicted octanol–water partition coefficient (Wildman–Crippen LogP) is 3.55. The third-order valence-corrected chi connectivity index (χ3v) is 5.50. The van der Waals surface area contributed by atoms with Crippen LogP contribution in [0.3, 0.4) is 0 Å². The zero-order valence-corrected chi connectivity index (χ0v) is 16.1. The van der Waals surface area contributed by atoms with E-state index in [4.69, 9.17) is 11.6 Å². The van der Waals surface area contributed by atoms with Crippen LogP contribution < -0.4 is 10.6 Å². The first kappa shape index (κ1) is 20.4. The lowest BCUT2D eigenvalue weighted by atomic mass is 9.87. The molecule has 0 saturated carbocycles. The number of amides is 1. The minimum Gasteiger partial charge on any atom is -0.326 e. The standard InChI is InChI=1S/C18H25ClFN3O.ClH/c1-18(6-7-21-11-18)12-23-8-4-13(5-9-23)17(24)22-14-2-3-16(20)15(19)10-14;/h2-3,10,13,21H,4-9,11-12H2,1H3,(H,22,24);1H. The molecule has 0 aliphatic carbocycles. The fraction of sp³-hybridized carbons (Fsp3) is 0.611. The molecule has 1 unspecified atom stereocenters. The van der Waals surface area contributed by atoms with Crippen molar-refractivity contribution in [3.63, 3.8) is 0 Å². The van der Waals surface area contributed by atoms with Crippen LogP contribution in [0.25, 0.3) is 0 Å². The molecule has 2 saturated heterocycles. The lowest BCUT2D eigenvalue weighted by Crippen LogP contribution is -2.43. The maximum absolute atomic E-state index is 13.2. The topological polar surface area (TPSA) is 44.4 Å². The molecule has 2 aliphatic heterocycles. The summed E-state index contributed by atoms with van der Waals surface area (Å²) < 4.78 is 13.2. The third-order valence-electron chi connectivity index (χ3n) is 5.21. The Kier molecular flexibility index (Phi) is 7.09. The van der Waals surface area contributed by atoms with E-state index in [0.29, 0.717) is 11.1 Å². The molecule has 0 spiro atoms. The number of halogens is 3. The fourth-order valence-corrected chi connectivity index (χ4v) is 3.90. The third kappa shape index (κ3) is 5.30. The van der Waals surface area contributed by atoms with Gasteiger partial charge in [0, 0.05) is 24.7 Å². The normalized spacial score (nSPS) is 24.8. The number of nitrogens with zero attached hydrogens (tertiary/aromatic N) is 1. The molecule has 4 nitrogen and oxygen atoms in total. The van der Waals surface area contributed by atoms with Gasteiger partial charge in [-0.25, -0.2) is 4.39 Å². The summed E-state index contributed by atoms with van der Waals surface area (Å²) in [6, 6.07) is 4.27. The van der Waals surface area contributed by atoms with Crippen LogP contribution in [-0.4, -0.2) is 43.5 Å². The minimum atomic E-state index is -0.474. The number of carbonyl (C=O) groups excluding carboxylic acids is 1. The summed E-state index contributed by atoms with van der Waals surface area (Å²) in [6.45, 7) is 7.54. The van der Waals surface area contributed by atoms with Crippen molar-refractivity contribution in [3.8, 4) is 0 Å². The summed E-state index contributed by atoms with van der Waals surface area (Å²) in [5, 5.41) is 6.32. The van der Waals surface area contributed by atoms with E-state index in [2.05, 4.69) is 22.5 Å². The lowest BCUT2D eigenvalue weighted by Gasteiger charge is -2.36. The predicted molar refractivity (Wildman–Crippen MR) is 102 cm³/mol. The van der Waals surface area contributed by atoms with Gasteiger partial charge in [0.25, 0.3) is 0 Å². The van der Waals surface area contributed by atoms with Gasteiger partial charge in [0.2, 0.25) is 5.91 Å². The van der Waals surface area contributed by atoms with E-state index < -0.39 is 5.82 Å². The molecule has 25 heavy (non-hydrogen) atoms. The molecule has 1 aromatic rings. The van der Waals surface area contributed by atoms with Crippen LogP contribution in [-0.2, 0) is 4.79 Å². The van der Waals surface area contributed by atoms with Crippen molar-refractivity contribution in [1.82, 2.24) is 10.2 Å². The van der Waals surface area contributed by atoms with E-state index in [1.807, 2.05) is 0 Å². The molecule has 0 bridgehead atoms. The number of hydrogen-bond acceptors (Lipinski definition) is 3. The number of likely N-dealkylation sites (tertiary alicyclic amines) is 1. The van der Waals surface area contributed by atoms with Crippen LogP contribution >= 0.6 is 24.0 Å². The molecule has 2 heterocycles. The van der Waals surface area contributed by atoms with Crippen LogP contribution in [0.4, 0.5) is 10.1 Å². The second-order valence-electron chi connectivity index (χ2n) is 7.41. The SMILES string of the molecule is CC1(CN2CCC(C(=O)Nc3ccc(F)c(Cl)c3)CC2)CCNC1.Cl. The summed E-state index contributed by atoms with van der Waals surface area (Å²) in [4.78, 5) is 14.9. The van der Waals surface area contributed by atoms with Gasteiger partial charge >= 0.3 is 0 Å². The zero-order chi connectivity index (χ0) is 17.2. The molecule has 0 aromatic heterocycles. The van der Waals surface area contributed by atoms with Crippen LogP contribution in [0.5, 0.6) is 0 Å². The van der Waals surface area contributed by atoms with Gasteiger partial charge in [-0.1, -0.05) is 18.5 Å². The average Bonchev–Trinajstić information content (AvgIpc) is 2.98. The van der Waals surface area contributed by atoms with Gasteiger partial charge in [-0.2, -0.15) is 0 Å². The smallest absolute Gasteiger partial charge is 0.227 e. The molecule has 1 aromatic carbocycles. The maximum Gasteiger partial charge on any atom is 0.227 e. The van der Waals surface area contributed by atoms with E-state index >= 15 is 0 Å². The highest BCUT2D eigenvalue weighted by molar-refractivity contribution is 6.31. The Bertz CT molecular complexity index is 600. The number of carbonyl (C=O) groups is 1. The zero-order valence-electron chi connectivity index (χ0n) is 14.5. The maximum atomic E-state index is 13.2. The van der Waals surface area contributed by atoms with E-state index in [0.717, 1.165) is 45.6 Å². The van der Waals surface area contributed by atoms with Crippen molar-refractivity contribution >= 4 is 35.6 Å². The van der Waals surface area contributed by atoms with Crippen molar-refractivity contribution in [1.29, 1.82) is 0 Å². The molecule has 140 valence electrons. The van der Waals surface area contributed by atoms with Crippen LogP contribution in [0.2, 0.25) is 5.02 Å². The van der Waals surface area contributed by atoms with Crippen molar-refractivity contribution < 1.29 is 9.18 Å². The summed E-state index contributed by atoms with van der Waals surface area (Å²) in [6.07, 6.45) is 2.95. The van der Waals surface area contributed by atoms with Crippen molar-refractivity contribution in [3.05, 3.63) is 29.0 Å². The summed E-state index contributed by atoms with van der Waals surface area (Å²) in [5.74, 6) is -0.455. The van der Waals surface area contributed by atoms with Crippen LogP contribution in [0.15, 0.2) is 18.2 Å². The Morgan fingerprint density at radius 1 is 1.44 bits per heavy atom. The van der Waals surface area contributed by atoms with Gasteiger partial charge in [0.1, 0.15) is 5.82 Å². The Balaban J connectivity index is 0.00000225. The van der Waals surface area contributed by atoms with Gasteiger partial charge in [0.05, 0.1) is 5.02 Å². The minimum absolute atomic E-state index is 0. The first-order valence-electron chi connectivity index (χ1n) is 8.64. The van der Waals surface area contributed by atoms with Crippen molar-refractivity contribution in [2.24, 2.45) is 11.3 Å². The number of rotatable bonds is 4. The molecular weight excluding hydrogens is 364 g/mol. The number of piperidine rings is 1. The van der Waals surface area contributed by atoms with Crippen LogP contribution in [0, 0.1) is 17.2 Å². The summed E-state index contributed by atoms with van der Waals surface area (Å²) in [7, 11) is 0. The number of benzene rings is 1.